The van der Waals surface area contributed by atoms with Crippen molar-refractivity contribution in [2.45, 2.75) is 13.8 Å². The van der Waals surface area contributed by atoms with Crippen molar-refractivity contribution >= 4 is 28.7 Å². The standard InChI is InChI=1S/C18H17ClN6O/c1-12-18(23-25(22-12)14-8-4-3-5-9-14)17(13(2)24-26)21-20-16-11-7-6-10-15(16)19/h3-11,20,26H,1-2H3/b21-17+,24-13+. The summed E-state index contributed by atoms with van der Waals surface area (Å²) >= 11 is 6.14. The predicted octanol–water partition coefficient (Wildman–Crippen LogP) is 3.90. The van der Waals surface area contributed by atoms with Gasteiger partial charge in [-0.25, -0.2) is 0 Å². The molecule has 0 atom stereocenters. The van der Waals surface area contributed by atoms with Gasteiger partial charge in [0, 0.05) is 0 Å². The van der Waals surface area contributed by atoms with Gasteiger partial charge in [-0.15, -0.1) is 5.10 Å². The van der Waals surface area contributed by atoms with Crippen LogP contribution in [0.25, 0.3) is 5.69 Å². The number of anilines is 1. The number of benzene rings is 2. The molecule has 7 nitrogen and oxygen atoms in total. The van der Waals surface area contributed by atoms with Crippen LogP contribution in [-0.2, 0) is 0 Å². The van der Waals surface area contributed by atoms with Crippen molar-refractivity contribution in [3.05, 3.63) is 71.0 Å². The second-order valence-electron chi connectivity index (χ2n) is 5.50. The minimum atomic E-state index is 0.299. The van der Waals surface area contributed by atoms with E-state index in [1.165, 1.54) is 4.80 Å². The molecule has 8 heteroatoms. The predicted molar refractivity (Wildman–Crippen MR) is 103 cm³/mol. The summed E-state index contributed by atoms with van der Waals surface area (Å²) < 4.78 is 0. The Morgan fingerprint density at radius 3 is 2.46 bits per heavy atom. The highest BCUT2D eigenvalue weighted by Gasteiger charge is 2.18. The lowest BCUT2D eigenvalue weighted by Crippen LogP contribution is -2.16. The first kappa shape index (κ1) is 17.6. The molecule has 0 aliphatic heterocycles. The summed E-state index contributed by atoms with van der Waals surface area (Å²) in [6.07, 6.45) is 0. The average Bonchev–Trinajstić information content (AvgIpc) is 3.05. The van der Waals surface area contributed by atoms with Crippen molar-refractivity contribution in [2.24, 2.45) is 10.3 Å². The zero-order chi connectivity index (χ0) is 18.5. The van der Waals surface area contributed by atoms with Gasteiger partial charge in [-0.05, 0) is 38.1 Å². The van der Waals surface area contributed by atoms with Gasteiger partial charge < -0.3 is 5.21 Å². The molecule has 0 saturated heterocycles. The van der Waals surface area contributed by atoms with Crippen LogP contribution in [-0.4, -0.2) is 31.6 Å². The van der Waals surface area contributed by atoms with Gasteiger partial charge in [0.25, 0.3) is 0 Å². The summed E-state index contributed by atoms with van der Waals surface area (Å²) in [4.78, 5) is 1.51. The molecule has 0 aliphatic carbocycles. The number of nitrogens with one attached hydrogen (secondary N) is 1. The summed E-state index contributed by atoms with van der Waals surface area (Å²) in [5, 5.41) is 26.3. The molecular formula is C18H17ClN6O. The third-order valence-electron chi connectivity index (χ3n) is 3.65. The van der Waals surface area contributed by atoms with Gasteiger partial charge >= 0.3 is 0 Å². The number of nitrogens with zero attached hydrogens (tertiary/aromatic N) is 5. The smallest absolute Gasteiger partial charge is 0.138 e. The Hall–Kier alpha value is -3.19. The number of oxime groups is 1. The number of aromatic nitrogens is 3. The molecule has 132 valence electrons. The summed E-state index contributed by atoms with van der Waals surface area (Å²) in [5.41, 5.74) is 6.16. The van der Waals surface area contributed by atoms with Crippen LogP contribution in [0.3, 0.4) is 0 Å². The largest absolute Gasteiger partial charge is 0.411 e. The highest BCUT2D eigenvalue weighted by atomic mass is 35.5. The van der Waals surface area contributed by atoms with Crippen LogP contribution in [0.2, 0.25) is 5.02 Å². The maximum absolute atomic E-state index is 9.23. The van der Waals surface area contributed by atoms with E-state index >= 15 is 0 Å². The number of rotatable bonds is 5. The highest BCUT2D eigenvalue weighted by Crippen LogP contribution is 2.20. The van der Waals surface area contributed by atoms with Crippen molar-refractivity contribution in [2.75, 3.05) is 5.43 Å². The quantitative estimate of drug-likeness (QED) is 0.406. The zero-order valence-corrected chi connectivity index (χ0v) is 15.0. The minimum absolute atomic E-state index is 0.299. The summed E-state index contributed by atoms with van der Waals surface area (Å²) in [6.45, 7) is 3.45. The van der Waals surface area contributed by atoms with E-state index in [1.54, 1.807) is 19.1 Å². The summed E-state index contributed by atoms with van der Waals surface area (Å²) in [7, 11) is 0. The second-order valence-corrected chi connectivity index (χ2v) is 5.90. The Morgan fingerprint density at radius 1 is 1.08 bits per heavy atom. The number of hydrogen-bond acceptors (Lipinski definition) is 6. The van der Waals surface area contributed by atoms with E-state index in [1.807, 2.05) is 49.4 Å². The first-order chi connectivity index (χ1) is 12.6. The lowest BCUT2D eigenvalue weighted by molar-refractivity contribution is 0.320. The van der Waals surface area contributed by atoms with E-state index < -0.39 is 0 Å². The van der Waals surface area contributed by atoms with Crippen molar-refractivity contribution in [3.63, 3.8) is 0 Å². The number of hydrogen-bond donors (Lipinski definition) is 2. The van der Waals surface area contributed by atoms with Crippen LogP contribution >= 0.6 is 11.6 Å². The molecule has 0 radical (unpaired) electrons. The second kappa shape index (κ2) is 7.79. The Bertz CT molecular complexity index is 965. The number of hydrazone groups is 1. The molecule has 3 rings (SSSR count). The van der Waals surface area contributed by atoms with Gasteiger partial charge in [0.1, 0.15) is 17.1 Å². The zero-order valence-electron chi connectivity index (χ0n) is 14.3. The van der Waals surface area contributed by atoms with Crippen molar-refractivity contribution in [1.29, 1.82) is 0 Å². The van der Waals surface area contributed by atoms with Crippen LogP contribution in [0.5, 0.6) is 0 Å². The molecule has 26 heavy (non-hydrogen) atoms. The van der Waals surface area contributed by atoms with Crippen LogP contribution < -0.4 is 5.43 Å². The maximum atomic E-state index is 9.23. The third-order valence-corrected chi connectivity index (χ3v) is 3.98. The van der Waals surface area contributed by atoms with Crippen molar-refractivity contribution < 1.29 is 5.21 Å². The molecule has 0 saturated carbocycles. The lowest BCUT2D eigenvalue weighted by atomic mass is 10.1. The van der Waals surface area contributed by atoms with Gasteiger partial charge in [-0.3, -0.25) is 5.43 Å². The molecule has 1 heterocycles. The molecule has 0 aliphatic rings. The fourth-order valence-corrected chi connectivity index (χ4v) is 2.47. The van der Waals surface area contributed by atoms with E-state index in [9.17, 15) is 5.21 Å². The molecule has 0 bridgehead atoms. The molecule has 0 fully saturated rings. The fraction of sp³-hybridized carbons (Fsp3) is 0.111. The maximum Gasteiger partial charge on any atom is 0.138 e. The van der Waals surface area contributed by atoms with Gasteiger partial charge in [0.2, 0.25) is 0 Å². The first-order valence-electron chi connectivity index (χ1n) is 7.87. The molecule has 1 aromatic heterocycles. The Morgan fingerprint density at radius 2 is 1.77 bits per heavy atom. The SMILES string of the molecule is CC(=N\O)/C(=N\Nc1ccccc1Cl)c1nn(-c2ccccc2)nc1C. The van der Waals surface area contributed by atoms with E-state index in [0.717, 1.165) is 5.69 Å². The summed E-state index contributed by atoms with van der Waals surface area (Å²) in [6, 6.07) is 16.7. The lowest BCUT2D eigenvalue weighted by Gasteiger charge is -2.06. The molecule has 0 amide bonds. The van der Waals surface area contributed by atoms with Crippen LogP contribution in [0.1, 0.15) is 18.3 Å². The highest BCUT2D eigenvalue weighted by molar-refractivity contribution is 6.47. The number of aryl methyl sites for hydroxylation is 1. The van der Waals surface area contributed by atoms with Crippen molar-refractivity contribution in [1.82, 2.24) is 15.0 Å². The Labute approximate surface area is 155 Å². The topological polar surface area (TPSA) is 87.7 Å². The van der Waals surface area contributed by atoms with E-state index in [4.69, 9.17) is 11.6 Å². The molecule has 3 aromatic rings. The number of para-hydroxylation sites is 2. The third kappa shape index (κ3) is 3.73. The molecule has 0 spiro atoms. The summed E-state index contributed by atoms with van der Waals surface area (Å²) in [5.74, 6) is 0. The minimum Gasteiger partial charge on any atom is -0.411 e. The molecule has 2 N–H and O–H groups in total. The van der Waals surface area contributed by atoms with Gasteiger partial charge in [-0.2, -0.15) is 15.0 Å². The van der Waals surface area contributed by atoms with Gasteiger partial charge in [0.15, 0.2) is 0 Å². The fourth-order valence-electron chi connectivity index (χ4n) is 2.29. The molecule has 0 unspecified atom stereocenters. The Balaban J connectivity index is 2.00. The van der Waals surface area contributed by atoms with Crippen molar-refractivity contribution in [3.8, 4) is 5.69 Å². The number of halogens is 1. The molecule has 2 aromatic carbocycles. The monoisotopic (exact) mass is 368 g/mol. The van der Waals surface area contributed by atoms with Crippen LogP contribution in [0.4, 0.5) is 5.69 Å². The van der Waals surface area contributed by atoms with E-state index in [-0.39, 0.29) is 0 Å². The molecular weight excluding hydrogens is 352 g/mol. The Kier molecular flexibility index (Phi) is 5.28. The van der Waals surface area contributed by atoms with E-state index in [0.29, 0.717) is 33.5 Å². The van der Waals surface area contributed by atoms with Gasteiger partial charge in [-0.1, -0.05) is 47.1 Å². The van der Waals surface area contributed by atoms with Gasteiger partial charge in [0.05, 0.1) is 22.1 Å². The normalized spacial score (nSPS) is 12.3. The van der Waals surface area contributed by atoms with Crippen LogP contribution in [0, 0.1) is 6.92 Å². The van der Waals surface area contributed by atoms with E-state index in [2.05, 4.69) is 25.9 Å². The first-order valence-corrected chi connectivity index (χ1v) is 8.25. The average molecular weight is 369 g/mol. The van der Waals surface area contributed by atoms with Crippen LogP contribution in [0.15, 0.2) is 64.9 Å².